The summed E-state index contributed by atoms with van der Waals surface area (Å²) in [6, 6.07) is 13.7. The Labute approximate surface area is 181 Å². The van der Waals surface area contributed by atoms with Crippen LogP contribution in [0.2, 0.25) is 0 Å². The summed E-state index contributed by atoms with van der Waals surface area (Å²) in [7, 11) is 0. The first-order valence-corrected chi connectivity index (χ1v) is 10.1. The van der Waals surface area contributed by atoms with Crippen molar-refractivity contribution in [3.8, 4) is 0 Å². The number of anilines is 1. The molecule has 0 aromatic heterocycles. The summed E-state index contributed by atoms with van der Waals surface area (Å²) >= 11 is 0. The topological polar surface area (TPSA) is 96.5 Å². The van der Waals surface area contributed by atoms with Gasteiger partial charge in [-0.25, -0.2) is 4.79 Å². The van der Waals surface area contributed by atoms with Gasteiger partial charge in [-0.3, -0.25) is 9.59 Å². The molecule has 1 aliphatic heterocycles. The number of hydrogen-bond donors (Lipinski definition) is 3. The van der Waals surface area contributed by atoms with E-state index in [1.54, 1.807) is 57.2 Å². The van der Waals surface area contributed by atoms with Crippen LogP contribution in [0.5, 0.6) is 0 Å². The van der Waals surface area contributed by atoms with Gasteiger partial charge in [0, 0.05) is 17.8 Å². The van der Waals surface area contributed by atoms with Crippen molar-refractivity contribution in [1.82, 2.24) is 10.6 Å². The molecular formula is C24H27N3O4. The molecule has 0 saturated carbocycles. The Balaban J connectivity index is 1.67. The second-order valence-electron chi connectivity index (χ2n) is 8.24. The van der Waals surface area contributed by atoms with Crippen LogP contribution in [0.1, 0.15) is 42.3 Å². The first kappa shape index (κ1) is 22.1. The predicted octanol–water partition coefficient (Wildman–Crippen LogP) is 3.56. The summed E-state index contributed by atoms with van der Waals surface area (Å²) in [5.74, 6) is -0.659. The molecule has 0 fully saturated rings. The summed E-state index contributed by atoms with van der Waals surface area (Å²) in [5.41, 5.74) is 2.14. The monoisotopic (exact) mass is 421 g/mol. The molecule has 1 aliphatic rings. The molecule has 7 nitrogen and oxygen atoms in total. The summed E-state index contributed by atoms with van der Waals surface area (Å²) in [4.78, 5) is 37.4. The third kappa shape index (κ3) is 6.18. The lowest BCUT2D eigenvalue weighted by atomic mass is 10.0. The second-order valence-corrected chi connectivity index (χ2v) is 8.24. The zero-order valence-corrected chi connectivity index (χ0v) is 17.9. The van der Waals surface area contributed by atoms with E-state index in [0.29, 0.717) is 23.2 Å². The maximum absolute atomic E-state index is 12.9. The number of fused-ring (bicyclic) bond motifs is 1. The van der Waals surface area contributed by atoms with E-state index in [4.69, 9.17) is 4.74 Å². The summed E-state index contributed by atoms with van der Waals surface area (Å²) in [6.07, 6.45) is 3.59. The molecule has 31 heavy (non-hydrogen) atoms. The van der Waals surface area contributed by atoms with Gasteiger partial charge in [0.2, 0.25) is 0 Å². The Morgan fingerprint density at radius 1 is 1.10 bits per heavy atom. The van der Waals surface area contributed by atoms with E-state index >= 15 is 0 Å². The Kier molecular flexibility index (Phi) is 6.74. The fraction of sp³-hybridized carbons (Fsp3) is 0.292. The molecule has 0 spiro atoms. The average molecular weight is 421 g/mol. The number of benzene rings is 2. The molecule has 3 N–H and O–H groups in total. The van der Waals surface area contributed by atoms with Gasteiger partial charge in [-0.05, 0) is 50.5 Å². The number of carbonyl (C=O) groups is 3. The highest BCUT2D eigenvalue weighted by Gasteiger charge is 2.23. The SMILES string of the molecule is CC(C)(C)OC(=O)NCc1ccccc1NC(=O)C1/C=C\Cc2ccccc2C(=O)N1. The maximum atomic E-state index is 12.9. The molecule has 162 valence electrons. The predicted molar refractivity (Wildman–Crippen MR) is 119 cm³/mol. The van der Waals surface area contributed by atoms with Gasteiger partial charge in [-0.2, -0.15) is 0 Å². The van der Waals surface area contributed by atoms with E-state index in [2.05, 4.69) is 16.0 Å². The van der Waals surface area contributed by atoms with Gasteiger partial charge >= 0.3 is 6.09 Å². The highest BCUT2D eigenvalue weighted by Crippen LogP contribution is 2.17. The molecule has 0 aliphatic carbocycles. The van der Waals surface area contributed by atoms with Gasteiger partial charge in [-0.1, -0.05) is 48.6 Å². The zero-order valence-electron chi connectivity index (χ0n) is 17.9. The van der Waals surface area contributed by atoms with Crippen LogP contribution in [0.3, 0.4) is 0 Å². The fourth-order valence-corrected chi connectivity index (χ4v) is 3.16. The average Bonchev–Trinajstić information content (AvgIpc) is 2.70. The van der Waals surface area contributed by atoms with Crippen molar-refractivity contribution in [1.29, 1.82) is 0 Å². The van der Waals surface area contributed by atoms with Crippen molar-refractivity contribution in [3.63, 3.8) is 0 Å². The minimum Gasteiger partial charge on any atom is -0.444 e. The van der Waals surface area contributed by atoms with Gasteiger partial charge < -0.3 is 20.7 Å². The van der Waals surface area contributed by atoms with E-state index in [9.17, 15) is 14.4 Å². The van der Waals surface area contributed by atoms with Gasteiger partial charge in [-0.15, -0.1) is 0 Å². The second kappa shape index (κ2) is 9.47. The maximum Gasteiger partial charge on any atom is 0.407 e. The van der Waals surface area contributed by atoms with Crippen LogP contribution < -0.4 is 16.0 Å². The van der Waals surface area contributed by atoms with Crippen molar-refractivity contribution < 1.29 is 19.1 Å². The number of para-hydroxylation sites is 1. The number of alkyl carbamates (subject to hydrolysis) is 1. The molecule has 2 aromatic carbocycles. The van der Waals surface area contributed by atoms with Crippen molar-refractivity contribution >= 4 is 23.6 Å². The van der Waals surface area contributed by atoms with E-state index in [-0.39, 0.29) is 18.4 Å². The Bertz CT molecular complexity index is 1010. The number of hydrogen-bond acceptors (Lipinski definition) is 4. The Hall–Kier alpha value is -3.61. The van der Waals surface area contributed by atoms with Crippen LogP contribution in [0.4, 0.5) is 10.5 Å². The third-order valence-corrected chi connectivity index (χ3v) is 4.59. The molecular weight excluding hydrogens is 394 g/mol. The number of nitrogens with one attached hydrogen (secondary N) is 3. The quantitative estimate of drug-likeness (QED) is 0.658. The molecule has 1 heterocycles. The molecule has 7 heteroatoms. The van der Waals surface area contributed by atoms with Crippen LogP contribution in [0, 0.1) is 0 Å². The standard InChI is InChI=1S/C24H27N3O4/c1-24(2,3)31-23(30)25-15-17-10-5-7-13-19(17)26-22(29)20-14-8-11-16-9-4-6-12-18(16)21(28)27-20/h4-10,12-14,20H,11,15H2,1-3H3,(H,25,30)(H,26,29)(H,27,28)/b14-8-. The first-order valence-electron chi connectivity index (χ1n) is 10.1. The normalized spacial score (nSPS) is 16.7. The Morgan fingerprint density at radius 2 is 1.81 bits per heavy atom. The number of amides is 3. The molecule has 0 saturated heterocycles. The molecule has 2 aromatic rings. The number of carbonyl (C=O) groups excluding carboxylic acids is 3. The first-order chi connectivity index (χ1) is 14.7. The van der Waals surface area contributed by atoms with E-state index in [1.165, 1.54) is 0 Å². The van der Waals surface area contributed by atoms with Crippen LogP contribution in [0.25, 0.3) is 0 Å². The minimum atomic E-state index is -0.812. The van der Waals surface area contributed by atoms with E-state index in [1.807, 2.05) is 24.3 Å². The summed E-state index contributed by atoms with van der Waals surface area (Å²) in [6.45, 7) is 5.55. The van der Waals surface area contributed by atoms with Crippen molar-refractivity contribution in [2.45, 2.75) is 45.4 Å². The highest BCUT2D eigenvalue weighted by molar-refractivity contribution is 6.03. The van der Waals surface area contributed by atoms with Gasteiger partial charge in [0.05, 0.1) is 0 Å². The molecule has 3 amide bonds. The largest absolute Gasteiger partial charge is 0.444 e. The van der Waals surface area contributed by atoms with Gasteiger partial charge in [0.25, 0.3) is 11.8 Å². The van der Waals surface area contributed by atoms with Crippen molar-refractivity contribution in [3.05, 3.63) is 77.4 Å². The molecule has 1 atom stereocenters. The fourth-order valence-electron chi connectivity index (χ4n) is 3.16. The highest BCUT2D eigenvalue weighted by atomic mass is 16.6. The molecule has 0 radical (unpaired) electrons. The molecule has 1 unspecified atom stereocenters. The lowest BCUT2D eigenvalue weighted by Gasteiger charge is -2.21. The molecule has 0 bridgehead atoms. The van der Waals surface area contributed by atoms with Gasteiger partial charge in [0.1, 0.15) is 11.6 Å². The van der Waals surface area contributed by atoms with Crippen LogP contribution in [0.15, 0.2) is 60.7 Å². The lowest BCUT2D eigenvalue weighted by Crippen LogP contribution is -2.43. The Morgan fingerprint density at radius 3 is 2.58 bits per heavy atom. The van der Waals surface area contributed by atoms with E-state index < -0.39 is 17.7 Å². The lowest BCUT2D eigenvalue weighted by molar-refractivity contribution is -0.117. The number of rotatable bonds is 4. The van der Waals surface area contributed by atoms with Crippen molar-refractivity contribution in [2.24, 2.45) is 0 Å². The van der Waals surface area contributed by atoms with Crippen LogP contribution >= 0.6 is 0 Å². The summed E-state index contributed by atoms with van der Waals surface area (Å²) in [5, 5.41) is 8.30. The number of ether oxygens (including phenoxy) is 1. The van der Waals surface area contributed by atoms with E-state index in [0.717, 1.165) is 5.56 Å². The van der Waals surface area contributed by atoms with Crippen LogP contribution in [-0.2, 0) is 22.5 Å². The smallest absolute Gasteiger partial charge is 0.407 e. The molecule has 3 rings (SSSR count). The summed E-state index contributed by atoms with van der Waals surface area (Å²) < 4.78 is 5.25. The van der Waals surface area contributed by atoms with Gasteiger partial charge in [0.15, 0.2) is 0 Å². The van der Waals surface area contributed by atoms with Crippen molar-refractivity contribution in [2.75, 3.05) is 5.32 Å². The third-order valence-electron chi connectivity index (χ3n) is 4.59. The number of allylic oxidation sites excluding steroid dienone is 1. The zero-order chi connectivity index (χ0) is 22.4. The van der Waals surface area contributed by atoms with Crippen LogP contribution in [-0.4, -0.2) is 29.6 Å². The minimum absolute atomic E-state index is 0.186.